The topological polar surface area (TPSA) is 53.6 Å². The SMILES string of the molecule is CC1CCN(CCCCNC(=O)N[C@H]2CCOc3c(Cl)cccc32)CC1. The van der Waals surface area contributed by atoms with E-state index < -0.39 is 0 Å². The number of hydrogen-bond acceptors (Lipinski definition) is 3. The van der Waals surface area contributed by atoms with Gasteiger partial charge in [0, 0.05) is 18.5 Å². The van der Waals surface area contributed by atoms with Gasteiger partial charge in [-0.1, -0.05) is 30.7 Å². The van der Waals surface area contributed by atoms with Gasteiger partial charge in [0.05, 0.1) is 17.7 Å². The number of carbonyl (C=O) groups is 1. The van der Waals surface area contributed by atoms with E-state index in [0.29, 0.717) is 23.9 Å². The normalized spacial score (nSPS) is 20.9. The number of urea groups is 1. The Hall–Kier alpha value is -1.46. The summed E-state index contributed by atoms with van der Waals surface area (Å²) in [7, 11) is 0. The van der Waals surface area contributed by atoms with Crippen LogP contribution in [0.4, 0.5) is 4.79 Å². The van der Waals surface area contributed by atoms with Crippen molar-refractivity contribution in [3.05, 3.63) is 28.8 Å². The van der Waals surface area contributed by atoms with Crippen molar-refractivity contribution in [2.75, 3.05) is 32.8 Å². The Morgan fingerprint density at radius 1 is 1.27 bits per heavy atom. The van der Waals surface area contributed by atoms with Crippen molar-refractivity contribution in [2.45, 2.75) is 45.1 Å². The predicted octanol–water partition coefficient (Wildman–Crippen LogP) is 3.97. The molecule has 1 aromatic carbocycles. The summed E-state index contributed by atoms with van der Waals surface area (Å²) in [5.41, 5.74) is 0.957. The molecule has 2 aliphatic rings. The van der Waals surface area contributed by atoms with E-state index in [1.807, 2.05) is 18.2 Å². The third-order valence-electron chi connectivity index (χ3n) is 5.39. The maximum atomic E-state index is 12.2. The summed E-state index contributed by atoms with van der Waals surface area (Å²) < 4.78 is 5.64. The molecular formula is C20H30ClN3O2. The van der Waals surface area contributed by atoms with Crippen molar-refractivity contribution in [3.8, 4) is 5.75 Å². The standard InChI is InChI=1S/C20H30ClN3O2/c1-15-7-12-24(13-8-15)11-3-2-10-22-20(25)23-18-9-14-26-19-16(18)5-4-6-17(19)21/h4-6,15,18H,2-3,7-14H2,1H3,(H2,22,23,25)/t18-/m0/s1. The second-order valence-corrected chi connectivity index (χ2v) is 7.89. The number of ether oxygens (including phenoxy) is 1. The van der Waals surface area contributed by atoms with Crippen LogP contribution in [0.2, 0.25) is 5.02 Å². The zero-order valence-electron chi connectivity index (χ0n) is 15.6. The Balaban J connectivity index is 1.34. The monoisotopic (exact) mass is 379 g/mol. The molecule has 0 aromatic heterocycles. The number of nitrogens with one attached hydrogen (secondary N) is 2. The molecule has 1 saturated heterocycles. The minimum absolute atomic E-state index is 0.0483. The summed E-state index contributed by atoms with van der Waals surface area (Å²) in [6.45, 7) is 7.20. The van der Waals surface area contributed by atoms with Crippen LogP contribution >= 0.6 is 11.6 Å². The first-order valence-corrected chi connectivity index (χ1v) is 10.2. The quantitative estimate of drug-likeness (QED) is 0.735. The Kier molecular flexibility index (Phi) is 7.03. The zero-order chi connectivity index (χ0) is 18.4. The number of rotatable bonds is 6. The highest BCUT2D eigenvalue weighted by atomic mass is 35.5. The average molecular weight is 380 g/mol. The maximum absolute atomic E-state index is 12.2. The molecule has 2 aliphatic heterocycles. The van der Waals surface area contributed by atoms with Crippen LogP contribution in [-0.2, 0) is 0 Å². The van der Waals surface area contributed by atoms with Crippen molar-refractivity contribution < 1.29 is 9.53 Å². The van der Waals surface area contributed by atoms with E-state index >= 15 is 0 Å². The molecule has 6 heteroatoms. The van der Waals surface area contributed by atoms with E-state index in [1.165, 1.54) is 25.9 Å². The largest absolute Gasteiger partial charge is 0.492 e. The third kappa shape index (κ3) is 5.27. The second kappa shape index (κ2) is 9.47. The fourth-order valence-corrected chi connectivity index (χ4v) is 3.93. The Bertz CT molecular complexity index is 603. The van der Waals surface area contributed by atoms with E-state index in [-0.39, 0.29) is 12.1 Å². The van der Waals surface area contributed by atoms with Gasteiger partial charge in [0.2, 0.25) is 0 Å². The first-order chi connectivity index (χ1) is 12.6. The van der Waals surface area contributed by atoms with Crippen LogP contribution in [0.3, 0.4) is 0 Å². The van der Waals surface area contributed by atoms with E-state index in [2.05, 4.69) is 22.5 Å². The number of carbonyl (C=O) groups excluding carboxylic acids is 1. The molecule has 0 aliphatic carbocycles. The van der Waals surface area contributed by atoms with Crippen molar-refractivity contribution in [3.63, 3.8) is 0 Å². The molecule has 26 heavy (non-hydrogen) atoms. The van der Waals surface area contributed by atoms with E-state index in [9.17, 15) is 4.79 Å². The van der Waals surface area contributed by atoms with Gasteiger partial charge in [-0.05, 0) is 57.3 Å². The van der Waals surface area contributed by atoms with Crippen LogP contribution in [0.15, 0.2) is 18.2 Å². The van der Waals surface area contributed by atoms with Crippen LogP contribution in [0.25, 0.3) is 0 Å². The van der Waals surface area contributed by atoms with Crippen LogP contribution < -0.4 is 15.4 Å². The molecule has 0 saturated carbocycles. The summed E-state index contributed by atoms with van der Waals surface area (Å²) in [5.74, 6) is 1.57. The number of para-hydroxylation sites is 1. The van der Waals surface area contributed by atoms with E-state index in [0.717, 1.165) is 37.3 Å². The number of benzene rings is 1. The highest BCUT2D eigenvalue weighted by Crippen LogP contribution is 2.37. The smallest absolute Gasteiger partial charge is 0.315 e. The fourth-order valence-electron chi connectivity index (χ4n) is 3.69. The summed E-state index contributed by atoms with van der Waals surface area (Å²) in [4.78, 5) is 14.7. The lowest BCUT2D eigenvalue weighted by Crippen LogP contribution is -2.40. The van der Waals surface area contributed by atoms with E-state index in [4.69, 9.17) is 16.3 Å². The summed E-state index contributed by atoms with van der Waals surface area (Å²) >= 11 is 6.18. The van der Waals surface area contributed by atoms with Gasteiger partial charge in [0.25, 0.3) is 0 Å². The molecule has 144 valence electrons. The molecule has 5 nitrogen and oxygen atoms in total. The molecule has 1 fully saturated rings. The highest BCUT2D eigenvalue weighted by molar-refractivity contribution is 6.32. The third-order valence-corrected chi connectivity index (χ3v) is 5.69. The second-order valence-electron chi connectivity index (χ2n) is 7.48. The lowest BCUT2D eigenvalue weighted by atomic mass is 9.99. The van der Waals surface area contributed by atoms with Gasteiger partial charge in [0.1, 0.15) is 5.75 Å². The fraction of sp³-hybridized carbons (Fsp3) is 0.650. The number of hydrogen-bond donors (Lipinski definition) is 2. The van der Waals surface area contributed by atoms with Crippen molar-refractivity contribution in [1.29, 1.82) is 0 Å². The Labute approximate surface area is 161 Å². The number of piperidine rings is 1. The molecule has 2 amide bonds. The van der Waals surface area contributed by atoms with Crippen LogP contribution in [0.5, 0.6) is 5.75 Å². The molecule has 0 radical (unpaired) electrons. The lowest BCUT2D eigenvalue weighted by Gasteiger charge is -2.30. The average Bonchev–Trinajstić information content (AvgIpc) is 2.64. The number of likely N-dealkylation sites (tertiary alicyclic amines) is 1. The lowest BCUT2D eigenvalue weighted by molar-refractivity contribution is 0.189. The minimum Gasteiger partial charge on any atom is -0.492 e. The number of amides is 2. The molecular weight excluding hydrogens is 350 g/mol. The molecule has 1 atom stereocenters. The van der Waals surface area contributed by atoms with Gasteiger partial charge < -0.3 is 20.3 Å². The highest BCUT2D eigenvalue weighted by Gasteiger charge is 2.24. The Morgan fingerprint density at radius 2 is 2.08 bits per heavy atom. The number of unbranched alkanes of at least 4 members (excludes halogenated alkanes) is 1. The predicted molar refractivity (Wildman–Crippen MR) is 105 cm³/mol. The maximum Gasteiger partial charge on any atom is 0.315 e. The number of nitrogens with zero attached hydrogens (tertiary/aromatic N) is 1. The Morgan fingerprint density at radius 3 is 2.88 bits per heavy atom. The number of fused-ring (bicyclic) bond motifs is 1. The van der Waals surface area contributed by atoms with Gasteiger partial charge in [-0.3, -0.25) is 0 Å². The molecule has 3 rings (SSSR count). The summed E-state index contributed by atoms with van der Waals surface area (Å²) in [5, 5.41) is 6.62. The molecule has 0 unspecified atom stereocenters. The first kappa shape index (κ1) is 19.3. The van der Waals surface area contributed by atoms with Crippen molar-refractivity contribution in [2.24, 2.45) is 5.92 Å². The molecule has 1 aromatic rings. The summed E-state index contributed by atoms with van der Waals surface area (Å²) in [6.07, 6.45) is 5.53. The first-order valence-electron chi connectivity index (χ1n) is 9.81. The van der Waals surface area contributed by atoms with Gasteiger partial charge >= 0.3 is 6.03 Å². The van der Waals surface area contributed by atoms with E-state index in [1.54, 1.807) is 0 Å². The molecule has 2 N–H and O–H groups in total. The van der Waals surface area contributed by atoms with Crippen LogP contribution in [-0.4, -0.2) is 43.7 Å². The minimum atomic E-state index is -0.116. The van der Waals surface area contributed by atoms with Gasteiger partial charge in [0.15, 0.2) is 0 Å². The number of halogens is 1. The van der Waals surface area contributed by atoms with Gasteiger partial charge in [-0.2, -0.15) is 0 Å². The molecule has 0 spiro atoms. The van der Waals surface area contributed by atoms with Crippen molar-refractivity contribution in [1.82, 2.24) is 15.5 Å². The zero-order valence-corrected chi connectivity index (χ0v) is 16.4. The molecule has 2 heterocycles. The summed E-state index contributed by atoms with van der Waals surface area (Å²) in [6, 6.07) is 5.50. The van der Waals surface area contributed by atoms with Gasteiger partial charge in [-0.15, -0.1) is 0 Å². The van der Waals surface area contributed by atoms with Gasteiger partial charge in [-0.25, -0.2) is 4.79 Å². The van der Waals surface area contributed by atoms with Crippen LogP contribution in [0, 0.1) is 5.92 Å². The van der Waals surface area contributed by atoms with Crippen molar-refractivity contribution >= 4 is 17.6 Å². The van der Waals surface area contributed by atoms with Crippen LogP contribution in [0.1, 0.15) is 50.6 Å². The molecule has 0 bridgehead atoms.